The molecule has 1 amide bonds. The van der Waals surface area contributed by atoms with Crippen LogP contribution in [-0.2, 0) is 34.9 Å². The van der Waals surface area contributed by atoms with Crippen LogP contribution in [0.15, 0.2) is 23.0 Å². The molecule has 1 fully saturated rings. The summed E-state index contributed by atoms with van der Waals surface area (Å²) in [5, 5.41) is 7.23. The van der Waals surface area contributed by atoms with Crippen LogP contribution in [0.25, 0.3) is 11.3 Å². The molecule has 0 bridgehead atoms. The number of aromatic nitrogens is 4. The summed E-state index contributed by atoms with van der Waals surface area (Å²) in [6.07, 6.45) is 5.32. The van der Waals surface area contributed by atoms with Gasteiger partial charge in [0, 0.05) is 37.5 Å². The number of hydrogen-bond acceptors (Lipinski definition) is 7. The van der Waals surface area contributed by atoms with Gasteiger partial charge in [-0.05, 0) is 18.4 Å². The number of nitrogens with zero attached hydrogens (tertiary/aromatic N) is 4. The number of rotatable bonds is 6. The third-order valence-electron chi connectivity index (χ3n) is 6.19. The lowest BCUT2D eigenvalue weighted by Gasteiger charge is -2.22. The molecule has 3 aromatic heterocycles. The number of amides is 1. The van der Waals surface area contributed by atoms with Crippen molar-refractivity contribution in [3.8, 4) is 11.3 Å². The Balaban J connectivity index is 1.47. The minimum atomic E-state index is -3.33. The quantitative estimate of drug-likeness (QED) is 0.569. The SMILES string of the molecule is Cc1cnc(CNC(=O)c2oc3c(c2C(C)(F)F)-c2nn(C[C@H]4COCCO4)cc2[C@H](C)C3)nc1. The average molecular weight is 488 g/mol. The highest BCUT2D eigenvalue weighted by atomic mass is 19.3. The number of aryl methyl sites for hydroxylation is 1. The number of ether oxygens (including phenoxy) is 2. The van der Waals surface area contributed by atoms with Gasteiger partial charge in [0.25, 0.3) is 11.8 Å². The Labute approximate surface area is 200 Å². The first-order valence-electron chi connectivity index (χ1n) is 11.6. The van der Waals surface area contributed by atoms with Crippen LogP contribution >= 0.6 is 0 Å². The largest absolute Gasteiger partial charge is 0.455 e. The van der Waals surface area contributed by atoms with E-state index >= 15 is 0 Å². The smallest absolute Gasteiger partial charge is 0.287 e. The van der Waals surface area contributed by atoms with Gasteiger partial charge in [0.1, 0.15) is 17.7 Å². The fourth-order valence-corrected chi connectivity index (χ4v) is 4.53. The van der Waals surface area contributed by atoms with Gasteiger partial charge in [0.2, 0.25) is 5.76 Å². The topological polar surface area (TPSA) is 104 Å². The summed E-state index contributed by atoms with van der Waals surface area (Å²) in [5.41, 5.74) is 1.86. The van der Waals surface area contributed by atoms with Gasteiger partial charge in [-0.15, -0.1) is 0 Å². The van der Waals surface area contributed by atoms with Crippen molar-refractivity contribution < 1.29 is 27.5 Å². The molecule has 4 heterocycles. The Morgan fingerprint density at radius 1 is 1.29 bits per heavy atom. The van der Waals surface area contributed by atoms with Crippen LogP contribution in [0.5, 0.6) is 0 Å². The molecule has 9 nitrogen and oxygen atoms in total. The van der Waals surface area contributed by atoms with Crippen LogP contribution in [0, 0.1) is 6.92 Å². The van der Waals surface area contributed by atoms with E-state index in [1.807, 2.05) is 20.0 Å². The zero-order valence-electron chi connectivity index (χ0n) is 19.8. The molecule has 3 aromatic rings. The van der Waals surface area contributed by atoms with E-state index in [0.717, 1.165) is 18.1 Å². The van der Waals surface area contributed by atoms with Gasteiger partial charge in [0.15, 0.2) is 0 Å². The normalized spacial score (nSPS) is 19.8. The Hall–Kier alpha value is -3.18. The maximum atomic E-state index is 14.9. The van der Waals surface area contributed by atoms with Gasteiger partial charge in [-0.3, -0.25) is 9.48 Å². The van der Waals surface area contributed by atoms with E-state index < -0.39 is 23.2 Å². The van der Waals surface area contributed by atoms with E-state index in [2.05, 4.69) is 20.4 Å². The van der Waals surface area contributed by atoms with E-state index in [4.69, 9.17) is 13.9 Å². The number of hydrogen-bond donors (Lipinski definition) is 1. The lowest BCUT2D eigenvalue weighted by atomic mass is 9.85. The number of fused-ring (bicyclic) bond motifs is 3. The number of halogens is 2. The molecule has 11 heteroatoms. The molecule has 186 valence electrons. The van der Waals surface area contributed by atoms with E-state index in [1.165, 1.54) is 0 Å². The Morgan fingerprint density at radius 2 is 2.06 bits per heavy atom. The minimum absolute atomic E-state index is 0.0149. The predicted octanol–water partition coefficient (Wildman–Crippen LogP) is 3.36. The summed E-state index contributed by atoms with van der Waals surface area (Å²) in [6, 6.07) is 0. The molecule has 1 aliphatic carbocycles. The molecule has 1 N–H and O–H groups in total. The van der Waals surface area contributed by atoms with Crippen LogP contribution in [0.3, 0.4) is 0 Å². The van der Waals surface area contributed by atoms with Gasteiger partial charge in [-0.2, -0.15) is 5.10 Å². The van der Waals surface area contributed by atoms with E-state index in [9.17, 15) is 13.6 Å². The van der Waals surface area contributed by atoms with Crippen molar-refractivity contribution in [3.63, 3.8) is 0 Å². The van der Waals surface area contributed by atoms with Crippen LogP contribution < -0.4 is 5.32 Å². The summed E-state index contributed by atoms with van der Waals surface area (Å²) in [6.45, 7) is 6.52. The molecule has 0 saturated carbocycles. The third-order valence-corrected chi connectivity index (χ3v) is 6.19. The minimum Gasteiger partial charge on any atom is -0.455 e. The molecule has 0 spiro atoms. The molecule has 0 unspecified atom stereocenters. The van der Waals surface area contributed by atoms with E-state index in [1.54, 1.807) is 17.1 Å². The summed E-state index contributed by atoms with van der Waals surface area (Å²) in [5.74, 6) is -3.80. The van der Waals surface area contributed by atoms with Crippen molar-refractivity contribution in [3.05, 3.63) is 52.6 Å². The standard InChI is InChI=1S/C24H27F2N5O4/c1-13-7-27-18(28-8-13)9-29-23(32)22-20(24(3,25)26)19-17(35-22)6-14(2)16-11-31(30-21(16)19)10-15-12-33-4-5-34-15/h7-8,11,14-15H,4-6,9-10,12H2,1-3H3,(H,29,32)/t14-,15+/m1/s1. The van der Waals surface area contributed by atoms with Gasteiger partial charge < -0.3 is 19.2 Å². The fourth-order valence-electron chi connectivity index (χ4n) is 4.53. The summed E-state index contributed by atoms with van der Waals surface area (Å²) < 4.78 is 48.5. The highest BCUT2D eigenvalue weighted by Gasteiger charge is 2.43. The second kappa shape index (κ2) is 9.12. The van der Waals surface area contributed by atoms with E-state index in [-0.39, 0.29) is 24.1 Å². The Kier molecular flexibility index (Phi) is 6.14. The van der Waals surface area contributed by atoms with Crippen molar-refractivity contribution in [2.45, 2.75) is 58.2 Å². The van der Waals surface area contributed by atoms with Crippen LogP contribution in [-0.4, -0.2) is 51.6 Å². The highest BCUT2D eigenvalue weighted by Crippen LogP contribution is 2.48. The maximum absolute atomic E-state index is 14.9. The molecular formula is C24H27F2N5O4. The molecule has 5 rings (SSSR count). The van der Waals surface area contributed by atoms with Crippen molar-refractivity contribution in [1.82, 2.24) is 25.1 Å². The molecule has 0 radical (unpaired) electrons. The van der Waals surface area contributed by atoms with Crippen molar-refractivity contribution >= 4 is 5.91 Å². The number of furan rings is 1. The molecule has 1 aliphatic heterocycles. The summed E-state index contributed by atoms with van der Waals surface area (Å²) >= 11 is 0. The molecule has 2 aliphatic rings. The molecular weight excluding hydrogens is 460 g/mol. The maximum Gasteiger partial charge on any atom is 0.287 e. The zero-order valence-corrected chi connectivity index (χ0v) is 19.8. The third kappa shape index (κ3) is 4.70. The van der Waals surface area contributed by atoms with Crippen molar-refractivity contribution in [2.24, 2.45) is 0 Å². The number of nitrogens with one attached hydrogen (secondary N) is 1. The Morgan fingerprint density at radius 3 is 2.74 bits per heavy atom. The Bertz CT molecular complexity index is 1230. The van der Waals surface area contributed by atoms with Crippen molar-refractivity contribution in [1.29, 1.82) is 0 Å². The number of carbonyl (C=O) groups is 1. The highest BCUT2D eigenvalue weighted by molar-refractivity contribution is 5.96. The van der Waals surface area contributed by atoms with Crippen molar-refractivity contribution in [2.75, 3.05) is 19.8 Å². The second-order valence-electron chi connectivity index (χ2n) is 9.18. The molecule has 2 atom stereocenters. The summed E-state index contributed by atoms with van der Waals surface area (Å²) in [7, 11) is 0. The monoisotopic (exact) mass is 487 g/mol. The predicted molar refractivity (Wildman–Crippen MR) is 120 cm³/mol. The molecule has 1 saturated heterocycles. The molecule has 35 heavy (non-hydrogen) atoms. The average Bonchev–Trinajstić information content (AvgIpc) is 3.41. The lowest BCUT2D eigenvalue weighted by Crippen LogP contribution is -2.32. The molecule has 0 aromatic carbocycles. The first-order chi connectivity index (χ1) is 16.7. The lowest BCUT2D eigenvalue weighted by molar-refractivity contribution is -0.0946. The number of alkyl halides is 2. The van der Waals surface area contributed by atoms with Crippen LogP contribution in [0.1, 0.15) is 58.6 Å². The fraction of sp³-hybridized carbons (Fsp3) is 0.500. The van der Waals surface area contributed by atoms with Crippen LogP contribution in [0.4, 0.5) is 8.78 Å². The summed E-state index contributed by atoms with van der Waals surface area (Å²) in [4.78, 5) is 21.2. The first-order valence-corrected chi connectivity index (χ1v) is 11.6. The zero-order chi connectivity index (χ0) is 24.7. The first kappa shape index (κ1) is 23.6. The van der Waals surface area contributed by atoms with Gasteiger partial charge in [0.05, 0.1) is 49.7 Å². The van der Waals surface area contributed by atoms with Gasteiger partial charge >= 0.3 is 0 Å². The number of carbonyl (C=O) groups excluding carboxylic acids is 1. The second-order valence-corrected chi connectivity index (χ2v) is 9.18. The van der Waals surface area contributed by atoms with E-state index in [0.29, 0.717) is 50.1 Å². The van der Waals surface area contributed by atoms with Crippen LogP contribution in [0.2, 0.25) is 0 Å². The van der Waals surface area contributed by atoms with Gasteiger partial charge in [-0.25, -0.2) is 18.7 Å². The van der Waals surface area contributed by atoms with Gasteiger partial charge in [-0.1, -0.05) is 6.92 Å².